The molecule has 4 aromatic carbocycles. The first-order valence-corrected chi connectivity index (χ1v) is 20.4. The molecular weight excluding hydrogens is 645 g/mol. The van der Waals surface area contributed by atoms with Crippen LogP contribution < -0.4 is 15.7 Å². The predicted octanol–water partition coefficient (Wildman–Crippen LogP) is 9.58. The Labute approximate surface area is 303 Å². The normalized spacial score (nSPS) is 20.5. The fourth-order valence-electron chi connectivity index (χ4n) is 8.74. The third kappa shape index (κ3) is 6.57. The second-order valence-corrected chi connectivity index (χ2v) is 19.7. The van der Waals surface area contributed by atoms with E-state index >= 15 is 0 Å². The number of fused-ring (bicyclic) bond motifs is 2. The van der Waals surface area contributed by atoms with E-state index in [1.807, 2.05) is 6.26 Å². The minimum atomic E-state index is -2.79. The van der Waals surface area contributed by atoms with E-state index in [1.165, 1.54) is 27.1 Å². The van der Waals surface area contributed by atoms with Crippen LogP contribution in [0.2, 0.25) is 5.04 Å². The molecule has 6 heteroatoms. The first-order chi connectivity index (χ1) is 24.9. The van der Waals surface area contributed by atoms with Crippen LogP contribution in [-0.2, 0) is 22.2 Å². The van der Waals surface area contributed by atoms with E-state index in [2.05, 4.69) is 154 Å². The molecule has 4 unspecified atom stereocenters. The third-order valence-corrected chi connectivity index (χ3v) is 16.3. The molecule has 0 radical (unpaired) electrons. The van der Waals surface area contributed by atoms with Crippen LogP contribution in [0.15, 0.2) is 138 Å². The summed E-state index contributed by atoms with van der Waals surface area (Å²) in [6, 6.07) is 43.5. The van der Waals surface area contributed by atoms with Crippen molar-refractivity contribution in [2.24, 2.45) is 5.92 Å². The Kier molecular flexibility index (Phi) is 9.41. The first-order valence-electron chi connectivity index (χ1n) is 18.5. The maximum absolute atomic E-state index is 7.84. The van der Waals surface area contributed by atoms with Gasteiger partial charge in [0, 0.05) is 17.7 Å². The van der Waals surface area contributed by atoms with Gasteiger partial charge in [-0.2, -0.15) is 0 Å². The molecule has 0 amide bonds. The van der Waals surface area contributed by atoms with Crippen LogP contribution in [0, 0.1) is 5.92 Å². The van der Waals surface area contributed by atoms with Gasteiger partial charge < -0.3 is 18.9 Å². The Balaban J connectivity index is 1.13. The molecule has 1 N–H and O–H groups in total. The zero-order valence-electron chi connectivity index (χ0n) is 29.9. The van der Waals surface area contributed by atoms with E-state index in [1.54, 1.807) is 0 Å². The van der Waals surface area contributed by atoms with Crippen LogP contribution in [0.3, 0.4) is 0 Å². The van der Waals surface area contributed by atoms with Gasteiger partial charge in [-0.15, -0.1) is 0 Å². The zero-order chi connectivity index (χ0) is 34.8. The molecule has 1 saturated carbocycles. The second-order valence-electron chi connectivity index (χ2n) is 15.4. The average molecular weight is 693 g/mol. The third-order valence-electron chi connectivity index (χ3n) is 11.2. The summed E-state index contributed by atoms with van der Waals surface area (Å²) < 4.78 is 20.6. The quantitative estimate of drug-likeness (QED) is 0.137. The van der Waals surface area contributed by atoms with Crippen molar-refractivity contribution >= 4 is 35.5 Å². The van der Waals surface area contributed by atoms with Gasteiger partial charge in [-0.3, -0.25) is 0 Å². The summed E-state index contributed by atoms with van der Waals surface area (Å²) in [7, 11) is -2.79. The van der Waals surface area contributed by atoms with Crippen LogP contribution in [0.5, 0.6) is 0 Å². The molecule has 4 atom stereocenters. The Bertz CT molecular complexity index is 2020. The summed E-state index contributed by atoms with van der Waals surface area (Å²) in [6.45, 7) is 8.29. The number of nitrogens with zero attached hydrogens (tertiary/aromatic N) is 1. The van der Waals surface area contributed by atoms with Crippen molar-refractivity contribution < 1.29 is 13.6 Å². The summed E-state index contributed by atoms with van der Waals surface area (Å²) in [5.74, 6) is 1.32. The second kappa shape index (κ2) is 14.3. The summed E-state index contributed by atoms with van der Waals surface area (Å²) in [5, 5.41) is 7.31. The molecule has 51 heavy (non-hydrogen) atoms. The molecule has 0 bridgehead atoms. The van der Waals surface area contributed by atoms with Gasteiger partial charge >= 0.3 is 0 Å². The van der Waals surface area contributed by atoms with Crippen molar-refractivity contribution in [2.75, 3.05) is 11.9 Å². The summed E-state index contributed by atoms with van der Waals surface area (Å²) in [5.41, 5.74) is 6.07. The van der Waals surface area contributed by atoms with Crippen molar-refractivity contribution in [1.82, 2.24) is 4.98 Å². The van der Waals surface area contributed by atoms with Crippen molar-refractivity contribution in [2.45, 2.75) is 76.2 Å². The molecule has 8 rings (SSSR count). The first kappa shape index (κ1) is 33.6. The molecule has 2 aliphatic rings. The maximum Gasteiger partial charge on any atom is 0.261 e. The van der Waals surface area contributed by atoms with Crippen LogP contribution in [0.4, 0.5) is 5.82 Å². The fourth-order valence-corrected chi connectivity index (χ4v) is 13.5. The summed E-state index contributed by atoms with van der Waals surface area (Å²) in [6.07, 6.45) is 7.85. The van der Waals surface area contributed by atoms with Gasteiger partial charge in [0.1, 0.15) is 11.4 Å². The lowest BCUT2D eigenvalue weighted by atomic mass is 9.96. The van der Waals surface area contributed by atoms with Gasteiger partial charge in [-0.1, -0.05) is 136 Å². The van der Waals surface area contributed by atoms with Gasteiger partial charge in [-0.05, 0) is 69.8 Å². The Morgan fingerprint density at radius 2 is 1.45 bits per heavy atom. The molecule has 0 aliphatic heterocycles. The molecule has 2 aliphatic carbocycles. The van der Waals surface area contributed by atoms with Gasteiger partial charge in [0.2, 0.25) is 0 Å². The molecule has 0 saturated heterocycles. The van der Waals surface area contributed by atoms with Crippen LogP contribution in [-0.4, -0.2) is 26.0 Å². The number of ether oxygens (including phenoxy) is 1. The highest BCUT2D eigenvalue weighted by atomic mass is 28.4. The van der Waals surface area contributed by atoms with Gasteiger partial charge in [0.15, 0.2) is 0 Å². The van der Waals surface area contributed by atoms with Gasteiger partial charge in [0.05, 0.1) is 37.0 Å². The molecule has 2 heterocycles. The highest BCUT2D eigenvalue weighted by Crippen LogP contribution is 2.47. The molecule has 1 fully saturated rings. The van der Waals surface area contributed by atoms with Crippen LogP contribution in [0.25, 0.3) is 11.0 Å². The summed E-state index contributed by atoms with van der Waals surface area (Å²) in [4.78, 5) is 5.09. The lowest BCUT2D eigenvalue weighted by Gasteiger charge is -2.45. The SMILES string of the molecule is CC(C)(C)[Si](OC1CC(c2cnc(NC3CCc4ccccc43)c3ccoc23)CC1COCc1ccccc1)(c1ccccc1)c1ccccc1. The topological polar surface area (TPSA) is 56.5 Å². The van der Waals surface area contributed by atoms with E-state index in [0.717, 1.165) is 48.0 Å². The number of benzene rings is 4. The number of anilines is 1. The molecular formula is C45H48N2O3Si. The van der Waals surface area contributed by atoms with Crippen LogP contribution >= 0.6 is 0 Å². The highest BCUT2D eigenvalue weighted by molar-refractivity contribution is 6.99. The predicted molar refractivity (Wildman–Crippen MR) is 209 cm³/mol. The number of furan rings is 1. The molecule has 0 spiro atoms. The fraction of sp³-hybridized carbons (Fsp3) is 0.311. The Morgan fingerprint density at radius 1 is 0.784 bits per heavy atom. The number of aromatic nitrogens is 1. The van der Waals surface area contributed by atoms with Crippen molar-refractivity contribution in [3.8, 4) is 0 Å². The lowest BCUT2D eigenvalue weighted by Crippen LogP contribution is -2.68. The Hall–Kier alpha value is -4.49. The zero-order valence-corrected chi connectivity index (χ0v) is 30.9. The molecule has 6 aromatic rings. The van der Waals surface area contributed by atoms with Gasteiger partial charge in [-0.25, -0.2) is 4.98 Å². The van der Waals surface area contributed by atoms with Gasteiger partial charge in [0.25, 0.3) is 8.32 Å². The minimum absolute atomic E-state index is 0.00474. The summed E-state index contributed by atoms with van der Waals surface area (Å²) >= 11 is 0. The van der Waals surface area contributed by atoms with Crippen molar-refractivity contribution in [3.05, 3.63) is 156 Å². The van der Waals surface area contributed by atoms with E-state index in [0.29, 0.717) is 13.2 Å². The molecule has 2 aromatic heterocycles. The van der Waals surface area contributed by atoms with E-state index in [-0.39, 0.29) is 29.0 Å². The maximum atomic E-state index is 7.84. The smallest absolute Gasteiger partial charge is 0.261 e. The monoisotopic (exact) mass is 692 g/mol. The average Bonchev–Trinajstić information content (AvgIpc) is 3.91. The van der Waals surface area contributed by atoms with E-state index in [4.69, 9.17) is 18.6 Å². The lowest BCUT2D eigenvalue weighted by molar-refractivity contribution is 0.0427. The number of aryl methyl sites for hydroxylation is 1. The Morgan fingerprint density at radius 3 is 2.16 bits per heavy atom. The highest BCUT2D eigenvalue weighted by Gasteiger charge is 2.53. The standard InChI is InChI=1S/C45H48N2O3Si/c1-45(2,3)51(36-18-9-5-10-19-36,37-20-11-6-12-21-37)50-42-28-34(27-35(42)31-48-30-32-15-7-4-8-16-32)40-29-46-44(39-25-26-49-43(39)40)47-41-24-23-33-17-13-14-22-38(33)41/h4-22,25-26,29,34-35,41-42H,23-24,27-28,30-31H2,1-3H3,(H,46,47). The largest absolute Gasteiger partial charge is 0.464 e. The number of pyridine rings is 1. The van der Waals surface area contributed by atoms with E-state index < -0.39 is 8.32 Å². The number of rotatable bonds is 11. The van der Waals surface area contributed by atoms with Crippen molar-refractivity contribution in [1.29, 1.82) is 0 Å². The number of nitrogens with one attached hydrogen (secondary N) is 1. The van der Waals surface area contributed by atoms with E-state index in [9.17, 15) is 0 Å². The number of hydrogen-bond acceptors (Lipinski definition) is 5. The molecule has 5 nitrogen and oxygen atoms in total. The molecule has 260 valence electrons. The van der Waals surface area contributed by atoms with Crippen LogP contribution in [0.1, 0.15) is 74.2 Å². The van der Waals surface area contributed by atoms with Crippen molar-refractivity contribution in [3.63, 3.8) is 0 Å². The minimum Gasteiger partial charge on any atom is -0.464 e. The number of hydrogen-bond donors (Lipinski definition) is 1.